The Balaban J connectivity index is 1.73. The van der Waals surface area contributed by atoms with Gasteiger partial charge in [0, 0.05) is 23.8 Å². The maximum atomic E-state index is 3.73. The molecule has 0 spiro atoms. The average molecular weight is 258 g/mol. The second kappa shape index (κ2) is 5.54. The van der Waals surface area contributed by atoms with Gasteiger partial charge in [0.25, 0.3) is 0 Å². The Bertz CT molecular complexity index is 415. The molecule has 2 aliphatic heterocycles. The fourth-order valence-corrected chi connectivity index (χ4v) is 3.90. The van der Waals surface area contributed by atoms with Crippen LogP contribution in [0.2, 0.25) is 0 Å². The predicted octanol–water partition coefficient (Wildman–Crippen LogP) is 3.49. The number of nitrogens with one attached hydrogen (secondary N) is 1. The molecule has 2 aliphatic rings. The molecule has 0 aromatic heterocycles. The normalized spacial score (nSPS) is 29.8. The summed E-state index contributed by atoms with van der Waals surface area (Å²) in [5.74, 6) is 0. The maximum absolute atomic E-state index is 3.73. The molecule has 0 amide bonds. The summed E-state index contributed by atoms with van der Waals surface area (Å²) in [7, 11) is 0. The van der Waals surface area contributed by atoms with E-state index in [9.17, 15) is 0 Å². The molecule has 2 heterocycles. The van der Waals surface area contributed by atoms with Crippen LogP contribution in [0.4, 0.5) is 5.69 Å². The van der Waals surface area contributed by atoms with Crippen LogP contribution in [0.5, 0.6) is 0 Å². The minimum Gasteiger partial charge on any atom is -0.365 e. The van der Waals surface area contributed by atoms with Crippen molar-refractivity contribution in [3.05, 3.63) is 29.8 Å². The lowest BCUT2D eigenvalue weighted by Gasteiger charge is -2.41. The summed E-state index contributed by atoms with van der Waals surface area (Å²) in [6.45, 7) is 5.62. The minimum atomic E-state index is 0.749. The second-order valence-corrected chi connectivity index (χ2v) is 6.25. The molecule has 1 aromatic carbocycles. The summed E-state index contributed by atoms with van der Waals surface area (Å²) in [5, 5.41) is 3.73. The Morgan fingerprint density at radius 1 is 1.21 bits per heavy atom. The van der Waals surface area contributed by atoms with Gasteiger partial charge in [-0.15, -0.1) is 0 Å². The number of rotatable bonds is 4. The Labute approximate surface area is 117 Å². The summed E-state index contributed by atoms with van der Waals surface area (Å²) in [4.78, 5) is 2.71. The van der Waals surface area contributed by atoms with E-state index in [0.29, 0.717) is 0 Å². The first-order chi connectivity index (χ1) is 9.28. The zero-order valence-electron chi connectivity index (χ0n) is 12.2. The first kappa shape index (κ1) is 13.0. The van der Waals surface area contributed by atoms with E-state index < -0.39 is 0 Å². The van der Waals surface area contributed by atoms with Crippen LogP contribution in [0, 0.1) is 6.92 Å². The van der Waals surface area contributed by atoms with Gasteiger partial charge in [-0.05, 0) is 63.3 Å². The molecule has 2 heteroatoms. The molecule has 2 bridgehead atoms. The van der Waals surface area contributed by atoms with Crippen molar-refractivity contribution in [2.45, 2.75) is 64.1 Å². The highest BCUT2D eigenvalue weighted by Gasteiger charge is 2.40. The smallest absolute Gasteiger partial charge is 0.0373 e. The van der Waals surface area contributed by atoms with Gasteiger partial charge in [-0.1, -0.05) is 19.1 Å². The summed E-state index contributed by atoms with van der Waals surface area (Å²) in [5.41, 5.74) is 2.82. The maximum Gasteiger partial charge on any atom is 0.0373 e. The molecule has 1 N–H and O–H groups in total. The van der Waals surface area contributed by atoms with Gasteiger partial charge in [0.15, 0.2) is 0 Å². The van der Waals surface area contributed by atoms with Crippen molar-refractivity contribution in [2.24, 2.45) is 0 Å². The fourth-order valence-electron chi connectivity index (χ4n) is 3.90. The van der Waals surface area contributed by atoms with Crippen LogP contribution in [-0.4, -0.2) is 24.7 Å². The first-order valence-corrected chi connectivity index (χ1v) is 7.86. The number of piperidine rings is 1. The zero-order chi connectivity index (χ0) is 13.2. The van der Waals surface area contributed by atoms with Crippen LogP contribution >= 0.6 is 0 Å². The third kappa shape index (κ3) is 2.64. The van der Waals surface area contributed by atoms with Gasteiger partial charge in [0.2, 0.25) is 0 Å². The van der Waals surface area contributed by atoms with E-state index in [2.05, 4.69) is 48.3 Å². The molecule has 2 nitrogen and oxygen atoms in total. The molecule has 2 unspecified atom stereocenters. The molecule has 0 saturated carbocycles. The highest BCUT2D eigenvalue weighted by molar-refractivity contribution is 5.52. The molecule has 2 atom stereocenters. The van der Waals surface area contributed by atoms with E-state index >= 15 is 0 Å². The molecule has 1 aromatic rings. The Morgan fingerprint density at radius 2 is 1.95 bits per heavy atom. The standard InChI is InChI=1S/C17H26N2/c1-3-9-18-14-11-16-7-8-17(12-14)19(16)15-6-4-5-13(2)10-15/h4-6,10,14,16-18H,3,7-9,11-12H2,1-2H3. The van der Waals surface area contributed by atoms with Crippen LogP contribution in [0.1, 0.15) is 44.6 Å². The Hall–Kier alpha value is -1.02. The number of hydrogen-bond donors (Lipinski definition) is 1. The lowest BCUT2D eigenvalue weighted by atomic mass is 9.96. The molecule has 2 fully saturated rings. The fraction of sp³-hybridized carbons (Fsp3) is 0.647. The molecule has 0 aliphatic carbocycles. The second-order valence-electron chi connectivity index (χ2n) is 6.25. The number of hydrogen-bond acceptors (Lipinski definition) is 2. The molecular formula is C17H26N2. The first-order valence-electron chi connectivity index (χ1n) is 7.86. The van der Waals surface area contributed by atoms with Gasteiger partial charge < -0.3 is 10.2 Å². The van der Waals surface area contributed by atoms with Crippen molar-refractivity contribution in [3.8, 4) is 0 Å². The van der Waals surface area contributed by atoms with Crippen LogP contribution < -0.4 is 10.2 Å². The molecule has 2 saturated heterocycles. The largest absolute Gasteiger partial charge is 0.365 e. The molecule has 104 valence electrons. The summed E-state index contributed by atoms with van der Waals surface area (Å²) in [6, 6.07) is 11.3. The van der Waals surface area contributed by atoms with Crippen LogP contribution in [0.3, 0.4) is 0 Å². The highest BCUT2D eigenvalue weighted by atomic mass is 15.2. The molecule has 19 heavy (non-hydrogen) atoms. The number of nitrogens with zero attached hydrogens (tertiary/aromatic N) is 1. The van der Waals surface area contributed by atoms with Gasteiger partial charge in [-0.25, -0.2) is 0 Å². The van der Waals surface area contributed by atoms with Crippen molar-refractivity contribution in [1.29, 1.82) is 0 Å². The average Bonchev–Trinajstić information content (AvgIpc) is 2.68. The number of anilines is 1. The zero-order valence-corrected chi connectivity index (χ0v) is 12.2. The van der Waals surface area contributed by atoms with Gasteiger partial charge in [0.05, 0.1) is 0 Å². The number of aryl methyl sites for hydroxylation is 1. The monoisotopic (exact) mass is 258 g/mol. The molecule has 0 radical (unpaired) electrons. The van der Waals surface area contributed by atoms with E-state index in [1.165, 1.54) is 49.9 Å². The number of benzene rings is 1. The van der Waals surface area contributed by atoms with E-state index in [-0.39, 0.29) is 0 Å². The topological polar surface area (TPSA) is 15.3 Å². The van der Waals surface area contributed by atoms with E-state index in [4.69, 9.17) is 0 Å². The van der Waals surface area contributed by atoms with Crippen molar-refractivity contribution < 1.29 is 0 Å². The van der Waals surface area contributed by atoms with Gasteiger partial charge >= 0.3 is 0 Å². The summed E-state index contributed by atoms with van der Waals surface area (Å²) in [6.07, 6.45) is 6.65. The van der Waals surface area contributed by atoms with Gasteiger partial charge in [0.1, 0.15) is 0 Å². The van der Waals surface area contributed by atoms with Crippen molar-refractivity contribution in [1.82, 2.24) is 5.32 Å². The lowest BCUT2D eigenvalue weighted by Crippen LogP contribution is -2.49. The summed E-state index contributed by atoms with van der Waals surface area (Å²) >= 11 is 0. The summed E-state index contributed by atoms with van der Waals surface area (Å²) < 4.78 is 0. The number of fused-ring (bicyclic) bond motifs is 2. The van der Waals surface area contributed by atoms with Crippen molar-refractivity contribution in [3.63, 3.8) is 0 Å². The van der Waals surface area contributed by atoms with Gasteiger partial charge in [-0.3, -0.25) is 0 Å². The van der Waals surface area contributed by atoms with Gasteiger partial charge in [-0.2, -0.15) is 0 Å². The van der Waals surface area contributed by atoms with E-state index in [0.717, 1.165) is 18.1 Å². The lowest BCUT2D eigenvalue weighted by molar-refractivity contribution is 0.357. The van der Waals surface area contributed by atoms with E-state index in [1.807, 2.05) is 0 Å². The third-order valence-electron chi connectivity index (χ3n) is 4.72. The highest BCUT2D eigenvalue weighted by Crippen LogP contribution is 2.39. The Morgan fingerprint density at radius 3 is 2.58 bits per heavy atom. The van der Waals surface area contributed by atoms with Crippen molar-refractivity contribution in [2.75, 3.05) is 11.4 Å². The van der Waals surface area contributed by atoms with Crippen LogP contribution in [0.25, 0.3) is 0 Å². The molecular weight excluding hydrogens is 232 g/mol. The van der Waals surface area contributed by atoms with Crippen LogP contribution in [-0.2, 0) is 0 Å². The minimum absolute atomic E-state index is 0.749. The predicted molar refractivity (Wildman–Crippen MR) is 81.8 cm³/mol. The third-order valence-corrected chi connectivity index (χ3v) is 4.72. The van der Waals surface area contributed by atoms with E-state index in [1.54, 1.807) is 0 Å². The SMILES string of the molecule is CCCNC1CC2CCC(C1)N2c1cccc(C)c1. The molecule has 3 rings (SSSR count). The van der Waals surface area contributed by atoms with Crippen molar-refractivity contribution >= 4 is 5.69 Å². The Kier molecular flexibility index (Phi) is 3.79. The quantitative estimate of drug-likeness (QED) is 0.889. The van der Waals surface area contributed by atoms with Crippen LogP contribution in [0.15, 0.2) is 24.3 Å².